The van der Waals surface area contributed by atoms with Crippen LogP contribution in [0.5, 0.6) is 0 Å². The van der Waals surface area contributed by atoms with Crippen molar-refractivity contribution < 1.29 is 19.1 Å². The summed E-state index contributed by atoms with van der Waals surface area (Å²) in [6.07, 6.45) is 6.49. The number of aromatic nitrogens is 2. The van der Waals surface area contributed by atoms with Gasteiger partial charge in [0.2, 0.25) is 0 Å². The molecule has 0 saturated heterocycles. The summed E-state index contributed by atoms with van der Waals surface area (Å²) in [5, 5.41) is 3.88. The molecule has 0 atom stereocenters. The van der Waals surface area contributed by atoms with E-state index in [1.807, 2.05) is 121 Å². The third-order valence-corrected chi connectivity index (χ3v) is 7.82. The second-order valence-corrected chi connectivity index (χ2v) is 10.8. The van der Waals surface area contributed by atoms with Crippen LogP contribution in [0.2, 0.25) is 0 Å². The van der Waals surface area contributed by atoms with Gasteiger partial charge in [0.15, 0.2) is 0 Å². The first-order valence-corrected chi connectivity index (χ1v) is 14.9. The fourth-order valence-corrected chi connectivity index (χ4v) is 5.54. The van der Waals surface area contributed by atoms with Gasteiger partial charge in [-0.3, -0.25) is 0 Å². The summed E-state index contributed by atoms with van der Waals surface area (Å²) < 4.78 is 11.0. The van der Waals surface area contributed by atoms with Gasteiger partial charge in [-0.2, -0.15) is 0 Å². The van der Waals surface area contributed by atoms with Gasteiger partial charge in [-0.05, 0) is 58.7 Å². The Morgan fingerprint density at radius 2 is 0.761 bits per heavy atom. The highest BCUT2D eigenvalue weighted by Crippen LogP contribution is 2.28. The maximum Gasteiger partial charge on any atom is 0.331 e. The number of carbonyl (C=O) groups is 2. The van der Waals surface area contributed by atoms with Crippen molar-refractivity contribution in [3.63, 3.8) is 0 Å². The Kier molecular flexibility index (Phi) is 7.99. The summed E-state index contributed by atoms with van der Waals surface area (Å²) in [5.41, 5.74) is 6.97. The molecule has 0 aliphatic rings. The van der Waals surface area contributed by atoms with E-state index in [2.05, 4.69) is 0 Å². The molecule has 0 spiro atoms. The average molecular weight is 601 g/mol. The Morgan fingerprint density at radius 3 is 1.09 bits per heavy atom. The molecular weight excluding hydrogens is 572 g/mol. The minimum Gasteiger partial charge on any atom is -0.458 e. The molecule has 0 N–H and O–H groups in total. The molecule has 222 valence electrons. The summed E-state index contributed by atoms with van der Waals surface area (Å²) in [4.78, 5) is 34.7. The number of para-hydroxylation sites is 4. The largest absolute Gasteiger partial charge is 0.458 e. The molecule has 0 aliphatic heterocycles. The van der Waals surface area contributed by atoms with Crippen LogP contribution in [-0.2, 0) is 32.3 Å². The molecule has 0 fully saturated rings. The number of carbonyl (C=O) groups excluding carboxylic acids is 2. The molecule has 2 aromatic heterocycles. The fourth-order valence-electron chi connectivity index (χ4n) is 5.54. The van der Waals surface area contributed by atoms with Crippen molar-refractivity contribution in [3.8, 4) is 0 Å². The number of benzene rings is 5. The second kappa shape index (κ2) is 12.8. The van der Waals surface area contributed by atoms with Crippen molar-refractivity contribution in [2.24, 2.45) is 0 Å². The standard InChI is InChI=1S/C40H28N2O4/c43-39(23-21-29-31-9-1-5-13-35(31)41-36-14-6-2-10-32(29)36)45-25-27-17-19-28(20-18-27)26-46-40(44)24-22-30-33-11-3-7-15-37(33)42-38-16-8-4-12-34(30)38/h1-24H,25-26H2. The topological polar surface area (TPSA) is 78.4 Å². The first-order chi connectivity index (χ1) is 22.6. The van der Waals surface area contributed by atoms with Gasteiger partial charge < -0.3 is 9.47 Å². The van der Waals surface area contributed by atoms with Crippen molar-refractivity contribution >= 4 is 67.7 Å². The number of nitrogens with zero attached hydrogens (tertiary/aromatic N) is 2. The predicted molar refractivity (Wildman–Crippen MR) is 183 cm³/mol. The molecule has 7 aromatic rings. The van der Waals surface area contributed by atoms with E-state index in [1.165, 1.54) is 12.2 Å². The first-order valence-electron chi connectivity index (χ1n) is 14.9. The van der Waals surface area contributed by atoms with Crippen LogP contribution in [0.25, 0.3) is 55.8 Å². The number of fused-ring (bicyclic) bond motifs is 4. The quantitative estimate of drug-likeness (QED) is 0.0988. The van der Waals surface area contributed by atoms with Gasteiger partial charge in [-0.15, -0.1) is 0 Å². The van der Waals surface area contributed by atoms with E-state index in [0.29, 0.717) is 0 Å². The van der Waals surface area contributed by atoms with E-state index in [9.17, 15) is 9.59 Å². The third kappa shape index (κ3) is 6.10. The minimum absolute atomic E-state index is 0.123. The van der Waals surface area contributed by atoms with Crippen LogP contribution in [0, 0.1) is 0 Å². The van der Waals surface area contributed by atoms with Crippen LogP contribution < -0.4 is 0 Å². The summed E-state index contributed by atoms with van der Waals surface area (Å²) in [6.45, 7) is 0.245. The molecule has 0 saturated carbocycles. The Morgan fingerprint density at radius 1 is 0.457 bits per heavy atom. The van der Waals surface area contributed by atoms with Gasteiger partial charge in [-0.25, -0.2) is 19.6 Å². The van der Waals surface area contributed by atoms with Crippen LogP contribution in [0.3, 0.4) is 0 Å². The van der Waals surface area contributed by atoms with Crippen LogP contribution in [0.4, 0.5) is 0 Å². The highest BCUT2D eigenvalue weighted by atomic mass is 16.5. The highest BCUT2D eigenvalue weighted by molar-refractivity contribution is 6.05. The van der Waals surface area contributed by atoms with Gasteiger partial charge in [0.1, 0.15) is 13.2 Å². The Bertz CT molecular complexity index is 2030. The molecule has 7 rings (SSSR count). The van der Waals surface area contributed by atoms with Crippen molar-refractivity contribution in [2.45, 2.75) is 13.2 Å². The van der Waals surface area contributed by atoms with E-state index >= 15 is 0 Å². The lowest BCUT2D eigenvalue weighted by Gasteiger charge is -2.08. The smallest absolute Gasteiger partial charge is 0.331 e. The Balaban J connectivity index is 0.963. The summed E-state index contributed by atoms with van der Waals surface area (Å²) in [6, 6.07) is 38.9. The van der Waals surface area contributed by atoms with E-state index in [0.717, 1.165) is 65.9 Å². The Labute approximate surface area is 265 Å². The third-order valence-electron chi connectivity index (χ3n) is 7.82. The minimum atomic E-state index is -0.440. The van der Waals surface area contributed by atoms with Gasteiger partial charge >= 0.3 is 11.9 Å². The summed E-state index contributed by atoms with van der Waals surface area (Å²) in [7, 11) is 0. The van der Waals surface area contributed by atoms with E-state index in [1.54, 1.807) is 12.2 Å². The van der Waals surface area contributed by atoms with Crippen molar-refractivity contribution in [3.05, 3.63) is 156 Å². The van der Waals surface area contributed by atoms with Gasteiger partial charge in [0.25, 0.3) is 0 Å². The highest BCUT2D eigenvalue weighted by Gasteiger charge is 2.09. The van der Waals surface area contributed by atoms with Crippen molar-refractivity contribution in [1.82, 2.24) is 9.97 Å². The number of rotatable bonds is 8. The molecule has 6 nitrogen and oxygen atoms in total. The molecule has 0 bridgehead atoms. The number of pyridine rings is 2. The summed E-state index contributed by atoms with van der Waals surface area (Å²) in [5.74, 6) is -0.881. The van der Waals surface area contributed by atoms with Crippen LogP contribution in [0.1, 0.15) is 22.3 Å². The first kappa shape index (κ1) is 28.6. The normalized spacial score (nSPS) is 11.7. The number of hydrogen-bond acceptors (Lipinski definition) is 6. The van der Waals surface area contributed by atoms with E-state index in [4.69, 9.17) is 19.4 Å². The molecule has 0 amide bonds. The molecule has 0 aliphatic carbocycles. The van der Waals surface area contributed by atoms with Crippen LogP contribution in [0.15, 0.2) is 133 Å². The lowest BCUT2D eigenvalue weighted by Crippen LogP contribution is -2.02. The van der Waals surface area contributed by atoms with Gasteiger partial charge in [0, 0.05) is 33.7 Å². The van der Waals surface area contributed by atoms with Crippen LogP contribution >= 0.6 is 0 Å². The van der Waals surface area contributed by atoms with Gasteiger partial charge in [0.05, 0.1) is 22.1 Å². The maximum atomic E-state index is 12.6. The molecule has 2 heterocycles. The lowest BCUT2D eigenvalue weighted by atomic mass is 10.0. The second-order valence-electron chi connectivity index (χ2n) is 10.8. The SMILES string of the molecule is O=C(C=Cc1c2ccccc2nc2ccccc12)OCc1ccc(COC(=O)C=Cc2c3ccccc3nc3ccccc23)cc1. The van der Waals surface area contributed by atoms with Crippen LogP contribution in [-0.4, -0.2) is 21.9 Å². The number of esters is 2. The zero-order chi connectivity index (χ0) is 31.3. The number of ether oxygens (including phenoxy) is 2. The molecule has 5 aromatic carbocycles. The molecule has 0 radical (unpaired) electrons. The summed E-state index contributed by atoms with van der Waals surface area (Å²) >= 11 is 0. The molecule has 0 unspecified atom stereocenters. The van der Waals surface area contributed by atoms with E-state index < -0.39 is 11.9 Å². The fraction of sp³-hybridized carbons (Fsp3) is 0.0500. The molecular formula is C40H28N2O4. The zero-order valence-corrected chi connectivity index (χ0v) is 24.8. The number of hydrogen-bond donors (Lipinski definition) is 0. The lowest BCUT2D eigenvalue weighted by molar-refractivity contribution is -0.139. The monoisotopic (exact) mass is 600 g/mol. The van der Waals surface area contributed by atoms with Gasteiger partial charge in [-0.1, -0.05) is 97.1 Å². The van der Waals surface area contributed by atoms with Crippen molar-refractivity contribution in [2.75, 3.05) is 0 Å². The van der Waals surface area contributed by atoms with Crippen molar-refractivity contribution in [1.29, 1.82) is 0 Å². The Hall–Kier alpha value is -6.14. The molecule has 6 heteroatoms. The van der Waals surface area contributed by atoms with E-state index in [-0.39, 0.29) is 13.2 Å². The average Bonchev–Trinajstić information content (AvgIpc) is 3.10. The molecule has 46 heavy (non-hydrogen) atoms. The predicted octanol–water partition coefficient (Wildman–Crippen LogP) is 8.60. The maximum absolute atomic E-state index is 12.6. The zero-order valence-electron chi connectivity index (χ0n) is 24.8.